The predicted molar refractivity (Wildman–Crippen MR) is 117 cm³/mol. The summed E-state index contributed by atoms with van der Waals surface area (Å²) in [5, 5.41) is 2.57. The minimum Gasteiger partial charge on any atom is -0.497 e. The highest BCUT2D eigenvalue weighted by atomic mass is 32.2. The average molecular weight is 443 g/mol. The molecule has 0 atom stereocenters. The van der Waals surface area contributed by atoms with E-state index in [1.807, 2.05) is 30.3 Å². The molecule has 1 N–H and O–H groups in total. The van der Waals surface area contributed by atoms with E-state index in [1.165, 1.54) is 17.5 Å². The molecule has 0 radical (unpaired) electrons. The zero-order valence-corrected chi connectivity index (χ0v) is 18.0. The topological polar surface area (TPSA) is 75.7 Å². The van der Waals surface area contributed by atoms with Crippen LogP contribution in [0.5, 0.6) is 5.75 Å². The lowest BCUT2D eigenvalue weighted by Gasteiger charge is -2.21. The third-order valence-electron chi connectivity index (χ3n) is 4.70. The molecule has 31 heavy (non-hydrogen) atoms. The first kappa shape index (κ1) is 22.5. The van der Waals surface area contributed by atoms with Crippen molar-refractivity contribution in [1.82, 2.24) is 4.31 Å². The molecular weight excluding hydrogens is 419 g/mol. The number of hydrogen-bond acceptors (Lipinski definition) is 4. The second-order valence-corrected chi connectivity index (χ2v) is 8.68. The van der Waals surface area contributed by atoms with E-state index in [4.69, 9.17) is 4.74 Å². The Balaban J connectivity index is 1.88. The number of ether oxygens (including phenoxy) is 1. The Labute approximate surface area is 181 Å². The number of nitrogens with one attached hydrogen (secondary N) is 1. The number of carbonyl (C=O) groups excluding carboxylic acids is 1. The number of amides is 1. The molecule has 3 aromatic rings. The second kappa shape index (κ2) is 9.72. The minimum atomic E-state index is -3.94. The zero-order chi connectivity index (χ0) is 22.4. The van der Waals surface area contributed by atoms with Crippen LogP contribution in [0.15, 0.2) is 77.7 Å². The van der Waals surface area contributed by atoms with Crippen molar-refractivity contribution < 1.29 is 22.3 Å². The van der Waals surface area contributed by atoms with E-state index in [1.54, 1.807) is 31.2 Å². The molecule has 0 aliphatic carbocycles. The summed E-state index contributed by atoms with van der Waals surface area (Å²) in [4.78, 5) is 12.5. The van der Waals surface area contributed by atoms with Crippen LogP contribution in [0.3, 0.4) is 0 Å². The number of carbonyl (C=O) groups is 1. The monoisotopic (exact) mass is 442 g/mol. The highest BCUT2D eigenvalue weighted by Crippen LogP contribution is 2.23. The number of hydrogen-bond donors (Lipinski definition) is 1. The van der Waals surface area contributed by atoms with E-state index < -0.39 is 21.7 Å². The van der Waals surface area contributed by atoms with Crippen LogP contribution in [-0.2, 0) is 16.6 Å². The van der Waals surface area contributed by atoms with E-state index in [-0.39, 0.29) is 23.5 Å². The fourth-order valence-electron chi connectivity index (χ4n) is 3.04. The SMILES string of the molecule is CCN(Cc1ccccc1)S(=O)(=O)c1ccc(F)c(C(=O)Nc2cccc(OC)c2)c1. The first-order valence-corrected chi connectivity index (χ1v) is 11.1. The van der Waals surface area contributed by atoms with Gasteiger partial charge in [-0.1, -0.05) is 43.3 Å². The first-order chi connectivity index (χ1) is 14.8. The summed E-state index contributed by atoms with van der Waals surface area (Å²) in [7, 11) is -2.45. The fourth-order valence-corrected chi connectivity index (χ4v) is 4.50. The Morgan fingerprint density at radius 1 is 1.03 bits per heavy atom. The van der Waals surface area contributed by atoms with Crippen molar-refractivity contribution in [2.24, 2.45) is 0 Å². The first-order valence-electron chi connectivity index (χ1n) is 9.64. The lowest BCUT2D eigenvalue weighted by molar-refractivity contribution is 0.102. The minimum absolute atomic E-state index is 0.150. The van der Waals surface area contributed by atoms with Crippen molar-refractivity contribution in [3.63, 3.8) is 0 Å². The summed E-state index contributed by atoms with van der Waals surface area (Å²) in [6.45, 7) is 2.11. The lowest BCUT2D eigenvalue weighted by Crippen LogP contribution is -2.30. The molecule has 0 saturated carbocycles. The van der Waals surface area contributed by atoms with Gasteiger partial charge in [-0.3, -0.25) is 4.79 Å². The molecule has 3 aromatic carbocycles. The molecule has 0 aliphatic rings. The van der Waals surface area contributed by atoms with Gasteiger partial charge < -0.3 is 10.1 Å². The smallest absolute Gasteiger partial charge is 0.258 e. The molecule has 3 rings (SSSR count). The van der Waals surface area contributed by atoms with Crippen molar-refractivity contribution in [2.45, 2.75) is 18.4 Å². The molecule has 162 valence electrons. The van der Waals surface area contributed by atoms with Crippen molar-refractivity contribution in [3.8, 4) is 5.75 Å². The number of halogens is 1. The third-order valence-corrected chi connectivity index (χ3v) is 6.62. The predicted octanol–water partition coefficient (Wildman–Crippen LogP) is 4.30. The molecule has 0 saturated heterocycles. The fraction of sp³-hybridized carbons (Fsp3) is 0.174. The van der Waals surface area contributed by atoms with Gasteiger partial charge in [0.1, 0.15) is 11.6 Å². The Hall–Kier alpha value is -3.23. The zero-order valence-electron chi connectivity index (χ0n) is 17.2. The quantitative estimate of drug-likeness (QED) is 0.565. The summed E-state index contributed by atoms with van der Waals surface area (Å²) in [6, 6.07) is 19.0. The third kappa shape index (κ3) is 5.28. The Morgan fingerprint density at radius 2 is 1.77 bits per heavy atom. The van der Waals surface area contributed by atoms with Crippen molar-refractivity contribution in [1.29, 1.82) is 0 Å². The van der Waals surface area contributed by atoms with Gasteiger partial charge in [-0.15, -0.1) is 0 Å². The van der Waals surface area contributed by atoms with Crippen LogP contribution in [0.25, 0.3) is 0 Å². The number of nitrogens with zero attached hydrogens (tertiary/aromatic N) is 1. The molecule has 6 nitrogen and oxygen atoms in total. The van der Waals surface area contributed by atoms with Gasteiger partial charge >= 0.3 is 0 Å². The van der Waals surface area contributed by atoms with Gasteiger partial charge in [0, 0.05) is 24.8 Å². The van der Waals surface area contributed by atoms with Crippen LogP contribution in [0.4, 0.5) is 10.1 Å². The summed E-state index contributed by atoms with van der Waals surface area (Å²) in [6.07, 6.45) is 0. The highest BCUT2D eigenvalue weighted by Gasteiger charge is 2.25. The Bertz CT molecular complexity index is 1170. The van der Waals surface area contributed by atoms with Crippen LogP contribution in [0, 0.1) is 5.82 Å². The maximum absolute atomic E-state index is 14.4. The summed E-state index contributed by atoms with van der Waals surface area (Å²) < 4.78 is 47.1. The van der Waals surface area contributed by atoms with E-state index in [0.29, 0.717) is 11.4 Å². The van der Waals surface area contributed by atoms with E-state index in [2.05, 4.69) is 5.32 Å². The summed E-state index contributed by atoms with van der Waals surface area (Å²) in [5.41, 5.74) is 0.863. The maximum Gasteiger partial charge on any atom is 0.258 e. The van der Waals surface area contributed by atoms with Crippen LogP contribution >= 0.6 is 0 Å². The molecule has 0 aliphatic heterocycles. The van der Waals surface area contributed by atoms with Gasteiger partial charge in [-0.2, -0.15) is 4.31 Å². The number of rotatable bonds is 8. The van der Waals surface area contributed by atoms with Crippen LogP contribution in [-0.4, -0.2) is 32.3 Å². The Kier molecular flexibility index (Phi) is 7.04. The van der Waals surface area contributed by atoms with Gasteiger partial charge in [0.2, 0.25) is 10.0 Å². The molecule has 8 heteroatoms. The van der Waals surface area contributed by atoms with Crippen molar-refractivity contribution in [2.75, 3.05) is 19.0 Å². The van der Waals surface area contributed by atoms with Gasteiger partial charge in [0.25, 0.3) is 5.91 Å². The molecule has 0 heterocycles. The molecule has 0 fully saturated rings. The number of anilines is 1. The lowest BCUT2D eigenvalue weighted by atomic mass is 10.2. The molecule has 1 amide bonds. The van der Waals surface area contributed by atoms with Crippen LogP contribution in [0.2, 0.25) is 0 Å². The van der Waals surface area contributed by atoms with Crippen LogP contribution < -0.4 is 10.1 Å². The van der Waals surface area contributed by atoms with Crippen LogP contribution in [0.1, 0.15) is 22.8 Å². The Morgan fingerprint density at radius 3 is 2.45 bits per heavy atom. The van der Waals surface area contributed by atoms with E-state index in [9.17, 15) is 17.6 Å². The van der Waals surface area contributed by atoms with Crippen molar-refractivity contribution >= 4 is 21.6 Å². The number of sulfonamides is 1. The van der Waals surface area contributed by atoms with E-state index >= 15 is 0 Å². The molecule has 0 unspecified atom stereocenters. The van der Waals surface area contributed by atoms with Gasteiger partial charge in [-0.25, -0.2) is 12.8 Å². The molecule has 0 spiro atoms. The average Bonchev–Trinajstić information content (AvgIpc) is 2.78. The highest BCUT2D eigenvalue weighted by molar-refractivity contribution is 7.89. The number of benzene rings is 3. The standard InChI is InChI=1S/C23H23FN2O4S/c1-3-26(16-17-8-5-4-6-9-17)31(28,29)20-12-13-22(24)21(15-20)23(27)25-18-10-7-11-19(14-18)30-2/h4-15H,3,16H2,1-2H3,(H,25,27). The summed E-state index contributed by atoms with van der Waals surface area (Å²) >= 11 is 0. The van der Waals surface area contributed by atoms with Gasteiger partial charge in [0.15, 0.2) is 0 Å². The summed E-state index contributed by atoms with van der Waals surface area (Å²) in [5.74, 6) is -1.05. The maximum atomic E-state index is 14.4. The second-order valence-electron chi connectivity index (χ2n) is 6.74. The normalized spacial score (nSPS) is 11.4. The number of methoxy groups -OCH3 is 1. The molecular formula is C23H23FN2O4S. The van der Waals surface area contributed by atoms with E-state index in [0.717, 1.165) is 17.7 Å². The molecule has 0 bridgehead atoms. The molecule has 0 aromatic heterocycles. The largest absolute Gasteiger partial charge is 0.497 e. The van der Waals surface area contributed by atoms with Gasteiger partial charge in [-0.05, 0) is 35.9 Å². The van der Waals surface area contributed by atoms with Crippen molar-refractivity contribution in [3.05, 3.63) is 89.7 Å². The van der Waals surface area contributed by atoms with Gasteiger partial charge in [0.05, 0.1) is 17.6 Å².